The summed E-state index contributed by atoms with van der Waals surface area (Å²) >= 11 is 1.30. The van der Waals surface area contributed by atoms with Crippen molar-refractivity contribution in [2.24, 2.45) is 0 Å². The highest BCUT2D eigenvalue weighted by Gasteiger charge is 2.19. The summed E-state index contributed by atoms with van der Waals surface area (Å²) in [6, 6.07) is 7.75. The van der Waals surface area contributed by atoms with Crippen molar-refractivity contribution in [2.45, 2.75) is 37.1 Å². The number of hydrogen-bond acceptors (Lipinski definition) is 4. The summed E-state index contributed by atoms with van der Waals surface area (Å²) in [7, 11) is 1.47. The molecule has 1 atom stereocenters. The predicted octanol–water partition coefficient (Wildman–Crippen LogP) is 2.93. The van der Waals surface area contributed by atoms with Crippen molar-refractivity contribution in [1.29, 1.82) is 0 Å². The third-order valence-electron chi connectivity index (χ3n) is 3.56. The SMILES string of the molecule is CNC(=O)NC(=O)[C@@H](C)Sc1nccn1-c1ccc(C(C)C)cc1. The van der Waals surface area contributed by atoms with E-state index in [0.717, 1.165) is 5.69 Å². The molecule has 1 aromatic carbocycles. The summed E-state index contributed by atoms with van der Waals surface area (Å²) < 4.78 is 1.93. The molecular formula is C17H22N4O2S. The first-order valence-corrected chi connectivity index (χ1v) is 8.63. The molecule has 2 rings (SSSR count). The van der Waals surface area contributed by atoms with E-state index in [9.17, 15) is 9.59 Å². The molecule has 0 aliphatic carbocycles. The van der Waals surface area contributed by atoms with Gasteiger partial charge in [-0.3, -0.25) is 14.7 Å². The highest BCUT2D eigenvalue weighted by molar-refractivity contribution is 8.00. The Balaban J connectivity index is 2.12. The standard InChI is InChI=1S/C17H22N4O2S/c1-11(2)13-5-7-14(8-6-13)21-10-9-19-17(21)24-12(3)15(22)20-16(23)18-4/h5-12H,1-4H3,(H2,18,20,22,23)/t12-/m1/s1. The number of benzene rings is 1. The highest BCUT2D eigenvalue weighted by Crippen LogP contribution is 2.25. The maximum absolute atomic E-state index is 12.0. The molecule has 1 heterocycles. The van der Waals surface area contributed by atoms with Gasteiger partial charge < -0.3 is 5.32 Å². The number of thioether (sulfide) groups is 1. The molecule has 3 amide bonds. The topological polar surface area (TPSA) is 76.0 Å². The summed E-state index contributed by atoms with van der Waals surface area (Å²) in [6.07, 6.45) is 3.55. The Kier molecular flexibility index (Phi) is 6.03. The predicted molar refractivity (Wildman–Crippen MR) is 95.6 cm³/mol. The van der Waals surface area contributed by atoms with E-state index in [4.69, 9.17) is 0 Å². The van der Waals surface area contributed by atoms with Crippen LogP contribution in [0.1, 0.15) is 32.3 Å². The van der Waals surface area contributed by atoms with E-state index in [1.54, 1.807) is 13.1 Å². The van der Waals surface area contributed by atoms with Crippen molar-refractivity contribution < 1.29 is 9.59 Å². The molecule has 0 radical (unpaired) electrons. The third-order valence-corrected chi connectivity index (χ3v) is 4.64. The van der Waals surface area contributed by atoms with Gasteiger partial charge in [0.25, 0.3) is 0 Å². The Morgan fingerprint density at radius 3 is 2.42 bits per heavy atom. The molecule has 128 valence electrons. The molecule has 0 saturated carbocycles. The number of carbonyl (C=O) groups is 2. The third kappa shape index (κ3) is 4.38. The average molecular weight is 346 g/mol. The van der Waals surface area contributed by atoms with Crippen molar-refractivity contribution in [3.63, 3.8) is 0 Å². The van der Waals surface area contributed by atoms with Crippen LogP contribution in [0.25, 0.3) is 5.69 Å². The first-order valence-electron chi connectivity index (χ1n) is 7.75. The van der Waals surface area contributed by atoms with Crippen molar-refractivity contribution in [2.75, 3.05) is 7.05 Å². The second kappa shape index (κ2) is 8.01. The van der Waals surface area contributed by atoms with Crippen LogP contribution in [-0.4, -0.2) is 33.8 Å². The van der Waals surface area contributed by atoms with Crippen LogP contribution < -0.4 is 10.6 Å². The minimum atomic E-state index is -0.514. The van der Waals surface area contributed by atoms with Crippen LogP contribution >= 0.6 is 11.8 Å². The minimum absolute atomic E-state index is 0.357. The van der Waals surface area contributed by atoms with Gasteiger partial charge in [-0.25, -0.2) is 9.78 Å². The summed E-state index contributed by atoms with van der Waals surface area (Å²) in [5.74, 6) is 0.119. The Morgan fingerprint density at radius 2 is 1.83 bits per heavy atom. The zero-order chi connectivity index (χ0) is 17.7. The summed E-state index contributed by atoms with van der Waals surface area (Å²) in [6.45, 7) is 6.05. The Morgan fingerprint density at radius 1 is 1.17 bits per heavy atom. The second-order valence-electron chi connectivity index (χ2n) is 5.65. The molecule has 2 N–H and O–H groups in total. The smallest absolute Gasteiger partial charge is 0.321 e. The number of carbonyl (C=O) groups excluding carboxylic acids is 2. The summed E-state index contributed by atoms with van der Waals surface area (Å²) in [5, 5.41) is 4.89. The number of imidazole rings is 1. The van der Waals surface area contributed by atoms with E-state index in [1.807, 2.05) is 22.9 Å². The van der Waals surface area contributed by atoms with Crippen LogP contribution in [0.4, 0.5) is 4.79 Å². The molecule has 2 aromatic rings. The fourth-order valence-corrected chi connectivity index (χ4v) is 2.96. The molecule has 0 saturated heterocycles. The Labute approximate surface area is 146 Å². The molecule has 0 aliphatic rings. The molecule has 0 unspecified atom stereocenters. The number of aromatic nitrogens is 2. The van der Waals surface area contributed by atoms with Gasteiger partial charge in [0.15, 0.2) is 5.16 Å². The minimum Gasteiger partial charge on any atom is -0.341 e. The van der Waals surface area contributed by atoms with Crippen LogP contribution in [0, 0.1) is 0 Å². The fraction of sp³-hybridized carbons (Fsp3) is 0.353. The van der Waals surface area contributed by atoms with E-state index >= 15 is 0 Å². The van der Waals surface area contributed by atoms with Gasteiger partial charge in [0.1, 0.15) is 0 Å². The number of nitrogens with zero attached hydrogens (tertiary/aromatic N) is 2. The lowest BCUT2D eigenvalue weighted by Crippen LogP contribution is -2.41. The number of rotatable bonds is 5. The number of imide groups is 1. The van der Waals surface area contributed by atoms with Crippen molar-refractivity contribution in [1.82, 2.24) is 20.2 Å². The number of urea groups is 1. The first kappa shape index (κ1) is 18.1. The zero-order valence-corrected chi connectivity index (χ0v) is 15.1. The first-order chi connectivity index (χ1) is 11.4. The molecule has 0 spiro atoms. The van der Waals surface area contributed by atoms with E-state index in [2.05, 4.69) is 41.6 Å². The van der Waals surface area contributed by atoms with Gasteiger partial charge in [0, 0.05) is 25.1 Å². The fourth-order valence-electron chi connectivity index (χ4n) is 2.08. The van der Waals surface area contributed by atoms with Gasteiger partial charge in [-0.2, -0.15) is 0 Å². The van der Waals surface area contributed by atoms with E-state index in [1.165, 1.54) is 24.4 Å². The van der Waals surface area contributed by atoms with Crippen molar-refractivity contribution >= 4 is 23.7 Å². The van der Waals surface area contributed by atoms with Crippen LogP contribution in [0.5, 0.6) is 0 Å². The van der Waals surface area contributed by atoms with Crippen LogP contribution in [-0.2, 0) is 4.79 Å². The number of nitrogens with one attached hydrogen (secondary N) is 2. The monoisotopic (exact) mass is 346 g/mol. The second-order valence-corrected chi connectivity index (χ2v) is 6.96. The molecule has 0 aliphatic heterocycles. The van der Waals surface area contributed by atoms with Gasteiger partial charge in [0.2, 0.25) is 5.91 Å². The quantitative estimate of drug-likeness (QED) is 0.816. The number of hydrogen-bond donors (Lipinski definition) is 2. The van der Waals surface area contributed by atoms with Gasteiger partial charge in [0.05, 0.1) is 5.25 Å². The van der Waals surface area contributed by atoms with E-state index in [-0.39, 0.29) is 5.91 Å². The molecule has 0 bridgehead atoms. The lowest BCUT2D eigenvalue weighted by atomic mass is 10.0. The van der Waals surface area contributed by atoms with Crippen LogP contribution in [0.15, 0.2) is 41.8 Å². The molecule has 7 heteroatoms. The van der Waals surface area contributed by atoms with Crippen molar-refractivity contribution in [3.05, 3.63) is 42.2 Å². The Hall–Kier alpha value is -2.28. The highest BCUT2D eigenvalue weighted by atomic mass is 32.2. The largest absolute Gasteiger partial charge is 0.341 e. The molecule has 0 fully saturated rings. The van der Waals surface area contributed by atoms with Gasteiger partial charge >= 0.3 is 6.03 Å². The lowest BCUT2D eigenvalue weighted by molar-refractivity contribution is -0.119. The van der Waals surface area contributed by atoms with Crippen LogP contribution in [0.2, 0.25) is 0 Å². The summed E-state index contributed by atoms with van der Waals surface area (Å²) in [5.41, 5.74) is 2.25. The van der Waals surface area contributed by atoms with E-state index < -0.39 is 11.3 Å². The maximum Gasteiger partial charge on any atom is 0.321 e. The molecule has 6 nitrogen and oxygen atoms in total. The lowest BCUT2D eigenvalue weighted by Gasteiger charge is -2.13. The van der Waals surface area contributed by atoms with Gasteiger partial charge in [-0.1, -0.05) is 37.7 Å². The van der Waals surface area contributed by atoms with Gasteiger partial charge in [-0.05, 0) is 30.5 Å². The maximum atomic E-state index is 12.0. The molecule has 1 aromatic heterocycles. The van der Waals surface area contributed by atoms with Crippen molar-refractivity contribution in [3.8, 4) is 5.69 Å². The van der Waals surface area contributed by atoms with E-state index in [0.29, 0.717) is 11.1 Å². The Bertz CT molecular complexity index is 710. The number of amides is 3. The normalized spacial score (nSPS) is 12.0. The zero-order valence-electron chi connectivity index (χ0n) is 14.2. The molecular weight excluding hydrogens is 324 g/mol. The van der Waals surface area contributed by atoms with Gasteiger partial charge in [-0.15, -0.1) is 0 Å². The average Bonchev–Trinajstić information content (AvgIpc) is 3.02. The summed E-state index contributed by atoms with van der Waals surface area (Å²) in [4.78, 5) is 27.5. The molecule has 24 heavy (non-hydrogen) atoms. The van der Waals surface area contributed by atoms with Crippen LogP contribution in [0.3, 0.4) is 0 Å².